The Labute approximate surface area is 213 Å². The molecule has 1 saturated carbocycles. The zero-order valence-corrected chi connectivity index (χ0v) is 20.3. The standard InChI is InChI=1S/C27H30F3N3O4/c28-27(29,30)21-11-3-17(4-12-21)16-31-26(37)33-15-1-2-23(33)24(34)32-22-13-9-19(10-14-22)18-5-7-20(8-6-18)25(35)36/h3-8,11-12,19,22-23H,1-2,9-10,13-16H2,(H,31,37)(H,32,34)(H,35,36)/t19?,22?,23-/m1/s1. The van der Waals surface area contributed by atoms with E-state index in [1.54, 1.807) is 12.1 Å². The lowest BCUT2D eigenvalue weighted by Crippen LogP contribution is -2.51. The minimum atomic E-state index is -4.41. The van der Waals surface area contributed by atoms with Gasteiger partial charge in [0.25, 0.3) is 0 Å². The van der Waals surface area contributed by atoms with Gasteiger partial charge in [-0.05, 0) is 79.8 Å². The highest BCUT2D eigenvalue weighted by Gasteiger charge is 2.35. The molecule has 1 saturated heterocycles. The predicted octanol–water partition coefficient (Wildman–Crippen LogP) is 4.92. The fourth-order valence-corrected chi connectivity index (χ4v) is 5.14. The number of carbonyl (C=O) groups excluding carboxylic acids is 2. The van der Waals surface area contributed by atoms with Crippen LogP contribution in [0.4, 0.5) is 18.0 Å². The first-order chi connectivity index (χ1) is 17.6. The molecule has 0 unspecified atom stereocenters. The third kappa shape index (κ3) is 6.61. The summed E-state index contributed by atoms with van der Waals surface area (Å²) < 4.78 is 38.2. The number of aromatic carboxylic acids is 1. The summed E-state index contributed by atoms with van der Waals surface area (Å²) in [7, 11) is 0. The molecule has 2 aromatic rings. The van der Waals surface area contributed by atoms with Crippen LogP contribution in [0, 0.1) is 0 Å². The summed E-state index contributed by atoms with van der Waals surface area (Å²) in [6.45, 7) is 0.509. The molecule has 0 spiro atoms. The maximum Gasteiger partial charge on any atom is 0.416 e. The average molecular weight is 518 g/mol. The maximum atomic E-state index is 13.0. The van der Waals surface area contributed by atoms with E-state index < -0.39 is 29.8 Å². The summed E-state index contributed by atoms with van der Waals surface area (Å²) in [6.07, 6.45) is 0.187. The van der Waals surface area contributed by atoms with Crippen LogP contribution in [0.2, 0.25) is 0 Å². The number of carbonyl (C=O) groups is 3. The summed E-state index contributed by atoms with van der Waals surface area (Å²) in [5.41, 5.74) is 1.15. The Bertz CT molecular complexity index is 1110. The van der Waals surface area contributed by atoms with Crippen molar-refractivity contribution in [2.45, 2.75) is 69.2 Å². The lowest BCUT2D eigenvalue weighted by Gasteiger charge is -2.31. The number of carboxylic acid groups (broad SMARTS) is 1. The van der Waals surface area contributed by atoms with Gasteiger partial charge in [-0.3, -0.25) is 4.79 Å². The van der Waals surface area contributed by atoms with Crippen LogP contribution >= 0.6 is 0 Å². The number of alkyl halides is 3. The summed E-state index contributed by atoms with van der Waals surface area (Å²) in [5, 5.41) is 14.9. The van der Waals surface area contributed by atoms with Gasteiger partial charge in [0.15, 0.2) is 0 Å². The second kappa shape index (κ2) is 11.2. The van der Waals surface area contributed by atoms with Crippen LogP contribution in [0.15, 0.2) is 48.5 Å². The molecule has 10 heteroatoms. The number of rotatable bonds is 6. The largest absolute Gasteiger partial charge is 0.478 e. The first kappa shape index (κ1) is 26.5. The predicted molar refractivity (Wildman–Crippen MR) is 130 cm³/mol. The Morgan fingerprint density at radius 2 is 1.57 bits per heavy atom. The normalized spacial score (nSPS) is 21.9. The molecule has 1 aliphatic carbocycles. The number of urea groups is 1. The van der Waals surface area contributed by atoms with E-state index in [2.05, 4.69) is 10.6 Å². The van der Waals surface area contributed by atoms with Crippen LogP contribution in [0.5, 0.6) is 0 Å². The molecule has 4 rings (SSSR count). The van der Waals surface area contributed by atoms with Crippen molar-refractivity contribution in [3.63, 3.8) is 0 Å². The van der Waals surface area contributed by atoms with Crippen LogP contribution < -0.4 is 10.6 Å². The van der Waals surface area contributed by atoms with Crippen molar-refractivity contribution in [2.24, 2.45) is 0 Å². The van der Waals surface area contributed by atoms with Crippen molar-refractivity contribution in [1.29, 1.82) is 0 Å². The van der Waals surface area contributed by atoms with Gasteiger partial charge in [-0.15, -0.1) is 0 Å². The maximum absolute atomic E-state index is 13.0. The van der Waals surface area contributed by atoms with E-state index in [4.69, 9.17) is 5.11 Å². The lowest BCUT2D eigenvalue weighted by molar-refractivity contribution is -0.137. The molecule has 198 valence electrons. The molecule has 1 heterocycles. The van der Waals surface area contributed by atoms with Crippen molar-refractivity contribution in [3.8, 4) is 0 Å². The topological polar surface area (TPSA) is 98.7 Å². The molecular formula is C27H30F3N3O4. The molecular weight excluding hydrogens is 487 g/mol. The molecule has 0 aromatic heterocycles. The van der Waals surface area contributed by atoms with E-state index in [0.29, 0.717) is 30.9 Å². The molecule has 2 fully saturated rings. The second-order valence-electron chi connectivity index (χ2n) is 9.69. The summed E-state index contributed by atoms with van der Waals surface area (Å²) >= 11 is 0. The van der Waals surface area contributed by atoms with E-state index in [-0.39, 0.29) is 24.1 Å². The molecule has 7 nitrogen and oxygen atoms in total. The first-order valence-corrected chi connectivity index (χ1v) is 12.5. The Morgan fingerprint density at radius 3 is 2.16 bits per heavy atom. The smallest absolute Gasteiger partial charge is 0.416 e. The average Bonchev–Trinajstić information content (AvgIpc) is 3.38. The van der Waals surface area contributed by atoms with Crippen molar-refractivity contribution >= 4 is 17.9 Å². The minimum absolute atomic E-state index is 0.0136. The highest BCUT2D eigenvalue weighted by Crippen LogP contribution is 2.33. The monoisotopic (exact) mass is 517 g/mol. The highest BCUT2D eigenvalue weighted by atomic mass is 19.4. The van der Waals surface area contributed by atoms with Crippen LogP contribution in [-0.4, -0.2) is 46.5 Å². The fourth-order valence-electron chi connectivity index (χ4n) is 5.14. The van der Waals surface area contributed by atoms with Crippen molar-refractivity contribution in [2.75, 3.05) is 6.54 Å². The fraction of sp³-hybridized carbons (Fsp3) is 0.444. The molecule has 0 bridgehead atoms. The second-order valence-corrected chi connectivity index (χ2v) is 9.69. The highest BCUT2D eigenvalue weighted by molar-refractivity contribution is 5.88. The molecule has 2 aromatic carbocycles. The lowest BCUT2D eigenvalue weighted by atomic mass is 9.81. The third-order valence-corrected chi connectivity index (χ3v) is 7.24. The van der Waals surface area contributed by atoms with Gasteiger partial charge in [0, 0.05) is 19.1 Å². The number of halogens is 3. The molecule has 0 radical (unpaired) electrons. The number of likely N-dealkylation sites (tertiary alicyclic amines) is 1. The summed E-state index contributed by atoms with van der Waals surface area (Å²) in [4.78, 5) is 38.3. The van der Waals surface area contributed by atoms with E-state index in [1.165, 1.54) is 17.0 Å². The minimum Gasteiger partial charge on any atom is -0.478 e. The Hall–Kier alpha value is -3.56. The van der Waals surface area contributed by atoms with E-state index in [9.17, 15) is 27.6 Å². The van der Waals surface area contributed by atoms with E-state index >= 15 is 0 Å². The zero-order chi connectivity index (χ0) is 26.6. The van der Waals surface area contributed by atoms with Crippen LogP contribution in [0.25, 0.3) is 0 Å². The number of hydrogen-bond donors (Lipinski definition) is 3. The number of nitrogens with zero attached hydrogens (tertiary/aromatic N) is 1. The zero-order valence-electron chi connectivity index (χ0n) is 20.3. The summed E-state index contributed by atoms with van der Waals surface area (Å²) in [6, 6.07) is 10.6. The van der Waals surface area contributed by atoms with E-state index in [1.807, 2.05) is 12.1 Å². The molecule has 3 N–H and O–H groups in total. The number of benzene rings is 2. The number of nitrogens with one attached hydrogen (secondary N) is 2. The van der Waals surface area contributed by atoms with Gasteiger partial charge in [-0.2, -0.15) is 13.2 Å². The molecule has 1 aliphatic heterocycles. The first-order valence-electron chi connectivity index (χ1n) is 12.5. The Balaban J connectivity index is 1.25. The Morgan fingerprint density at radius 1 is 0.919 bits per heavy atom. The van der Waals surface area contributed by atoms with Gasteiger partial charge in [0.1, 0.15) is 6.04 Å². The van der Waals surface area contributed by atoms with Gasteiger partial charge < -0.3 is 20.6 Å². The quantitative estimate of drug-likeness (QED) is 0.507. The SMILES string of the molecule is O=C(O)c1ccc(C2CCC(NC(=O)[C@H]3CCCN3C(=O)NCc3ccc(C(F)(F)F)cc3)CC2)cc1. The number of hydrogen-bond acceptors (Lipinski definition) is 3. The third-order valence-electron chi connectivity index (χ3n) is 7.24. The molecule has 3 amide bonds. The molecule has 37 heavy (non-hydrogen) atoms. The summed E-state index contributed by atoms with van der Waals surface area (Å²) in [5.74, 6) is -0.821. The van der Waals surface area contributed by atoms with Gasteiger partial charge in [0.05, 0.1) is 11.1 Å². The van der Waals surface area contributed by atoms with E-state index in [0.717, 1.165) is 43.4 Å². The number of carboxylic acids is 1. The van der Waals surface area contributed by atoms with Gasteiger partial charge in [-0.1, -0.05) is 24.3 Å². The number of amides is 3. The van der Waals surface area contributed by atoms with Gasteiger partial charge >= 0.3 is 18.2 Å². The van der Waals surface area contributed by atoms with Crippen molar-refractivity contribution in [3.05, 3.63) is 70.8 Å². The van der Waals surface area contributed by atoms with Gasteiger partial charge in [0.2, 0.25) is 5.91 Å². The van der Waals surface area contributed by atoms with Crippen LogP contribution in [-0.2, 0) is 17.5 Å². The molecule has 2 aliphatic rings. The van der Waals surface area contributed by atoms with Gasteiger partial charge in [-0.25, -0.2) is 9.59 Å². The van der Waals surface area contributed by atoms with Crippen LogP contribution in [0.3, 0.4) is 0 Å². The molecule has 1 atom stereocenters. The van der Waals surface area contributed by atoms with Crippen molar-refractivity contribution in [1.82, 2.24) is 15.5 Å². The Kier molecular flexibility index (Phi) is 8.04. The van der Waals surface area contributed by atoms with Crippen molar-refractivity contribution < 1.29 is 32.7 Å². The van der Waals surface area contributed by atoms with Crippen LogP contribution in [0.1, 0.15) is 71.5 Å².